The van der Waals surface area contributed by atoms with Gasteiger partial charge in [-0.05, 0) is 12.1 Å². The van der Waals surface area contributed by atoms with Gasteiger partial charge in [0.05, 0.1) is 44.9 Å². The number of carbonyl (C=O) groups excluding carboxylic acids is 1. The molecule has 0 radical (unpaired) electrons. The van der Waals surface area contributed by atoms with Crippen molar-refractivity contribution in [3.8, 4) is 23.0 Å². The van der Waals surface area contributed by atoms with Gasteiger partial charge in [-0.2, -0.15) is 0 Å². The minimum absolute atomic E-state index is 0.205. The molecule has 3 N–H and O–H groups in total. The van der Waals surface area contributed by atoms with Crippen molar-refractivity contribution in [1.29, 1.82) is 0 Å². The molecule has 1 amide bonds. The number of piperazine rings is 1. The Hall–Kier alpha value is -4.05. The molecule has 10 heteroatoms. The van der Waals surface area contributed by atoms with Crippen molar-refractivity contribution in [2.24, 2.45) is 0 Å². The Morgan fingerprint density at radius 3 is 2.53 bits per heavy atom. The molecular weight excluding hydrogens is 438 g/mol. The Morgan fingerprint density at radius 2 is 1.82 bits per heavy atom. The molecule has 0 spiro atoms. The molecule has 34 heavy (non-hydrogen) atoms. The van der Waals surface area contributed by atoms with Crippen LogP contribution in [0.15, 0.2) is 54.9 Å². The molecule has 3 heterocycles. The van der Waals surface area contributed by atoms with Gasteiger partial charge in [0, 0.05) is 31.8 Å². The Balaban J connectivity index is 1.51. The lowest BCUT2D eigenvalue weighted by atomic mass is 10.1. The van der Waals surface area contributed by atoms with Crippen LogP contribution in [0.2, 0.25) is 0 Å². The first-order valence-corrected chi connectivity index (χ1v) is 10.8. The number of ether oxygens (including phenoxy) is 3. The van der Waals surface area contributed by atoms with Gasteiger partial charge < -0.3 is 34.9 Å². The zero-order valence-electron chi connectivity index (χ0n) is 19.0. The highest BCUT2D eigenvalue weighted by atomic mass is 16.5. The number of benzene rings is 1. The molecule has 1 aromatic carbocycles. The molecule has 1 fully saturated rings. The minimum atomic E-state index is -0.448. The summed E-state index contributed by atoms with van der Waals surface area (Å²) >= 11 is 0. The van der Waals surface area contributed by atoms with E-state index in [4.69, 9.17) is 19.9 Å². The average molecular weight is 466 g/mol. The topological polar surface area (TPSA) is 123 Å². The summed E-state index contributed by atoms with van der Waals surface area (Å²) in [5, 5.41) is 10.0. The fourth-order valence-corrected chi connectivity index (χ4v) is 3.88. The first kappa shape index (κ1) is 23.1. The SMILES string of the molecule is COc1cc(C(=O)N2CCN(c3cnc(N)cc3OC)C[C@@H]2CO)ncc1Oc1ccccc1. The van der Waals surface area contributed by atoms with Crippen molar-refractivity contribution in [3.05, 3.63) is 60.6 Å². The maximum atomic E-state index is 13.3. The summed E-state index contributed by atoms with van der Waals surface area (Å²) in [5.74, 6) is 2.06. The number of nitrogen functional groups attached to an aromatic ring is 1. The number of methoxy groups -OCH3 is 2. The number of hydrogen-bond acceptors (Lipinski definition) is 9. The van der Waals surface area contributed by atoms with E-state index in [-0.39, 0.29) is 18.2 Å². The lowest BCUT2D eigenvalue weighted by Crippen LogP contribution is -2.57. The van der Waals surface area contributed by atoms with Crippen LogP contribution in [-0.2, 0) is 0 Å². The fraction of sp³-hybridized carbons (Fsp3) is 0.292. The van der Waals surface area contributed by atoms with Gasteiger partial charge >= 0.3 is 0 Å². The molecule has 3 aromatic rings. The highest BCUT2D eigenvalue weighted by Crippen LogP contribution is 2.33. The molecule has 1 aliphatic heterocycles. The number of pyridine rings is 2. The van der Waals surface area contributed by atoms with Crippen LogP contribution in [0.4, 0.5) is 11.5 Å². The van der Waals surface area contributed by atoms with E-state index in [1.165, 1.54) is 13.3 Å². The lowest BCUT2D eigenvalue weighted by molar-refractivity contribution is 0.0558. The van der Waals surface area contributed by atoms with Gasteiger partial charge in [-0.15, -0.1) is 0 Å². The van der Waals surface area contributed by atoms with Crippen LogP contribution in [-0.4, -0.2) is 72.4 Å². The molecule has 1 atom stereocenters. The van der Waals surface area contributed by atoms with Gasteiger partial charge in [0.1, 0.15) is 23.0 Å². The molecule has 10 nitrogen and oxygen atoms in total. The van der Waals surface area contributed by atoms with E-state index in [9.17, 15) is 9.90 Å². The number of rotatable bonds is 7. The zero-order valence-corrected chi connectivity index (χ0v) is 19.0. The van der Waals surface area contributed by atoms with Crippen molar-refractivity contribution in [2.45, 2.75) is 6.04 Å². The first-order valence-electron chi connectivity index (χ1n) is 10.8. The second kappa shape index (κ2) is 10.3. The Bertz CT molecular complexity index is 1140. The van der Waals surface area contributed by atoms with Crippen molar-refractivity contribution < 1.29 is 24.1 Å². The third kappa shape index (κ3) is 4.81. The Kier molecular flexibility index (Phi) is 6.98. The largest absolute Gasteiger partial charge is 0.494 e. The van der Waals surface area contributed by atoms with Gasteiger partial charge in [-0.3, -0.25) is 4.79 Å². The smallest absolute Gasteiger partial charge is 0.273 e. The summed E-state index contributed by atoms with van der Waals surface area (Å²) in [5.41, 5.74) is 6.72. The van der Waals surface area contributed by atoms with Crippen molar-refractivity contribution in [3.63, 3.8) is 0 Å². The number of carbonyl (C=O) groups is 1. The number of hydrogen-bond donors (Lipinski definition) is 2. The molecule has 2 aromatic heterocycles. The first-order chi connectivity index (χ1) is 16.5. The molecular formula is C24H27N5O5. The molecule has 0 aliphatic carbocycles. The van der Waals surface area contributed by atoms with Crippen LogP contribution in [0.3, 0.4) is 0 Å². The van der Waals surface area contributed by atoms with Crippen LogP contribution in [0.5, 0.6) is 23.0 Å². The molecule has 0 saturated carbocycles. The van der Waals surface area contributed by atoms with E-state index in [2.05, 4.69) is 9.97 Å². The van der Waals surface area contributed by atoms with E-state index in [1.54, 1.807) is 30.3 Å². The van der Waals surface area contributed by atoms with Crippen LogP contribution >= 0.6 is 0 Å². The molecule has 1 saturated heterocycles. The quantitative estimate of drug-likeness (QED) is 0.540. The molecule has 0 bridgehead atoms. The van der Waals surface area contributed by atoms with E-state index in [0.717, 1.165) is 5.69 Å². The minimum Gasteiger partial charge on any atom is -0.494 e. The predicted octanol–water partition coefficient (Wildman–Crippen LogP) is 2.19. The molecule has 4 rings (SSSR count). The van der Waals surface area contributed by atoms with Gasteiger partial charge in [-0.25, -0.2) is 9.97 Å². The maximum absolute atomic E-state index is 13.3. The van der Waals surface area contributed by atoms with Gasteiger partial charge in [-0.1, -0.05) is 18.2 Å². The van der Waals surface area contributed by atoms with Gasteiger partial charge in [0.25, 0.3) is 5.91 Å². The van der Waals surface area contributed by atoms with Crippen LogP contribution < -0.4 is 24.8 Å². The molecule has 1 aliphatic rings. The van der Waals surface area contributed by atoms with Gasteiger partial charge in [0.2, 0.25) is 0 Å². The predicted molar refractivity (Wildman–Crippen MR) is 127 cm³/mol. The summed E-state index contributed by atoms with van der Waals surface area (Å²) in [6.45, 7) is 1.09. The molecule has 178 valence electrons. The average Bonchev–Trinajstić information content (AvgIpc) is 2.88. The monoisotopic (exact) mass is 465 g/mol. The van der Waals surface area contributed by atoms with Crippen LogP contribution in [0.1, 0.15) is 10.5 Å². The maximum Gasteiger partial charge on any atom is 0.273 e. The summed E-state index contributed by atoms with van der Waals surface area (Å²) in [6.07, 6.45) is 3.10. The third-order valence-corrected chi connectivity index (χ3v) is 5.62. The highest BCUT2D eigenvalue weighted by molar-refractivity contribution is 5.93. The van der Waals surface area contributed by atoms with Crippen LogP contribution in [0.25, 0.3) is 0 Å². The van der Waals surface area contributed by atoms with Crippen molar-refractivity contribution in [2.75, 3.05) is 51.1 Å². The van der Waals surface area contributed by atoms with E-state index in [0.29, 0.717) is 48.5 Å². The number of para-hydroxylation sites is 1. The van der Waals surface area contributed by atoms with E-state index >= 15 is 0 Å². The summed E-state index contributed by atoms with van der Waals surface area (Å²) in [4.78, 5) is 25.4. The number of nitrogens with zero attached hydrogens (tertiary/aromatic N) is 4. The normalized spacial score (nSPS) is 15.7. The Morgan fingerprint density at radius 1 is 1.06 bits per heavy atom. The number of aromatic nitrogens is 2. The zero-order chi connectivity index (χ0) is 24.1. The van der Waals surface area contributed by atoms with E-state index < -0.39 is 6.04 Å². The third-order valence-electron chi connectivity index (χ3n) is 5.62. The van der Waals surface area contributed by atoms with Crippen LogP contribution in [0, 0.1) is 0 Å². The number of aliphatic hydroxyl groups is 1. The van der Waals surface area contributed by atoms with Crippen molar-refractivity contribution in [1.82, 2.24) is 14.9 Å². The summed E-state index contributed by atoms with van der Waals surface area (Å²) < 4.78 is 16.7. The standard InChI is InChI=1S/C24H27N5O5/c1-32-20-11-23(25)27-12-19(20)28-8-9-29(16(14-28)15-30)24(31)18-10-21(33-2)22(13-26-18)34-17-6-4-3-5-7-17/h3-7,10-13,16,30H,8-9,14-15H2,1-2H3,(H2,25,27)/t16-/m1/s1. The fourth-order valence-electron chi connectivity index (χ4n) is 3.88. The number of amides is 1. The number of nitrogens with two attached hydrogens (primary N) is 1. The summed E-state index contributed by atoms with van der Waals surface area (Å²) in [6, 6.07) is 12.0. The lowest BCUT2D eigenvalue weighted by Gasteiger charge is -2.41. The van der Waals surface area contributed by atoms with Gasteiger partial charge in [0.15, 0.2) is 11.5 Å². The van der Waals surface area contributed by atoms with Crippen molar-refractivity contribution >= 4 is 17.4 Å². The second-order valence-corrected chi connectivity index (χ2v) is 7.70. The van der Waals surface area contributed by atoms with E-state index in [1.807, 2.05) is 35.2 Å². The molecule has 0 unspecified atom stereocenters. The second-order valence-electron chi connectivity index (χ2n) is 7.70. The number of aliphatic hydroxyl groups excluding tert-OH is 1. The number of anilines is 2. The highest BCUT2D eigenvalue weighted by Gasteiger charge is 2.33. The Labute approximate surface area is 197 Å². The summed E-state index contributed by atoms with van der Waals surface area (Å²) in [7, 11) is 3.07.